The van der Waals surface area contributed by atoms with Gasteiger partial charge in [-0.25, -0.2) is 0 Å². The lowest BCUT2D eigenvalue weighted by Crippen LogP contribution is -2.36. The number of ether oxygens (including phenoxy) is 2. The highest BCUT2D eigenvalue weighted by atomic mass is 16.7. The molecule has 0 heterocycles. The molecule has 0 saturated carbocycles. The van der Waals surface area contributed by atoms with Gasteiger partial charge in [-0.2, -0.15) is 0 Å². The van der Waals surface area contributed by atoms with Crippen LogP contribution in [0.15, 0.2) is 48.5 Å². The average molecular weight is 300 g/mol. The van der Waals surface area contributed by atoms with Crippen LogP contribution in [0.1, 0.15) is 37.8 Å². The zero-order chi connectivity index (χ0) is 16.0. The van der Waals surface area contributed by atoms with Crippen molar-refractivity contribution in [1.82, 2.24) is 0 Å². The Kier molecular flexibility index (Phi) is 5.45. The summed E-state index contributed by atoms with van der Waals surface area (Å²) < 4.78 is 11.5. The number of phenolic OH excluding ortho intramolecular Hbond substituents is 1. The molecule has 118 valence electrons. The lowest BCUT2D eigenvalue weighted by Gasteiger charge is -2.31. The Labute approximate surface area is 132 Å². The minimum Gasteiger partial charge on any atom is -0.508 e. The van der Waals surface area contributed by atoms with E-state index in [9.17, 15) is 5.11 Å². The van der Waals surface area contributed by atoms with Gasteiger partial charge in [0.15, 0.2) is 0 Å². The molecule has 0 aliphatic carbocycles. The van der Waals surface area contributed by atoms with Gasteiger partial charge in [-0.1, -0.05) is 38.1 Å². The molecule has 0 aliphatic heterocycles. The SMILES string of the molecule is CCC(CC)(OC)Oc1ccc(Cc2ccc(O)cc2)cc1. The Morgan fingerprint density at radius 3 is 1.82 bits per heavy atom. The summed E-state index contributed by atoms with van der Waals surface area (Å²) in [6.07, 6.45) is 2.43. The van der Waals surface area contributed by atoms with Crippen LogP contribution in [0.25, 0.3) is 0 Å². The first-order chi connectivity index (χ1) is 10.6. The zero-order valence-corrected chi connectivity index (χ0v) is 13.5. The molecule has 0 amide bonds. The van der Waals surface area contributed by atoms with Crippen LogP contribution in [0.5, 0.6) is 11.5 Å². The van der Waals surface area contributed by atoms with E-state index in [0.717, 1.165) is 25.0 Å². The highest BCUT2D eigenvalue weighted by molar-refractivity contribution is 5.33. The van der Waals surface area contributed by atoms with Crippen LogP contribution in [-0.2, 0) is 11.2 Å². The molecule has 3 heteroatoms. The Hall–Kier alpha value is -2.00. The number of benzene rings is 2. The largest absolute Gasteiger partial charge is 0.508 e. The van der Waals surface area contributed by atoms with Crippen LogP contribution in [0.4, 0.5) is 0 Å². The average Bonchev–Trinajstić information content (AvgIpc) is 2.56. The molecular weight excluding hydrogens is 276 g/mol. The number of aromatic hydroxyl groups is 1. The molecule has 0 aromatic heterocycles. The summed E-state index contributed by atoms with van der Waals surface area (Å²) >= 11 is 0. The Bertz CT molecular complexity index is 560. The maximum absolute atomic E-state index is 9.31. The predicted octanol–water partition coefficient (Wildman–Crippen LogP) is 4.52. The molecule has 22 heavy (non-hydrogen) atoms. The van der Waals surface area contributed by atoms with Gasteiger partial charge >= 0.3 is 0 Å². The summed E-state index contributed by atoms with van der Waals surface area (Å²) in [5.41, 5.74) is 2.37. The van der Waals surface area contributed by atoms with E-state index in [4.69, 9.17) is 9.47 Å². The Morgan fingerprint density at radius 2 is 1.36 bits per heavy atom. The number of methoxy groups -OCH3 is 1. The second-order valence-electron chi connectivity index (χ2n) is 5.41. The van der Waals surface area contributed by atoms with E-state index in [1.54, 1.807) is 19.2 Å². The number of rotatable bonds is 7. The van der Waals surface area contributed by atoms with Crippen molar-refractivity contribution >= 4 is 0 Å². The molecule has 3 nitrogen and oxygen atoms in total. The van der Waals surface area contributed by atoms with Gasteiger partial charge in [0.25, 0.3) is 0 Å². The summed E-state index contributed by atoms with van der Waals surface area (Å²) in [7, 11) is 1.69. The summed E-state index contributed by atoms with van der Waals surface area (Å²) in [4.78, 5) is 0. The van der Waals surface area contributed by atoms with Crippen LogP contribution in [0.2, 0.25) is 0 Å². The number of hydrogen-bond acceptors (Lipinski definition) is 3. The highest BCUT2D eigenvalue weighted by Crippen LogP contribution is 2.26. The maximum Gasteiger partial charge on any atom is 0.209 e. The fourth-order valence-corrected chi connectivity index (χ4v) is 2.46. The standard InChI is InChI=1S/C19H24O3/c1-4-19(5-2,21-3)22-18-12-8-16(9-13-18)14-15-6-10-17(20)11-7-15/h6-13,20H,4-5,14H2,1-3H3. The number of hydrogen-bond donors (Lipinski definition) is 1. The monoisotopic (exact) mass is 300 g/mol. The first kappa shape index (κ1) is 16.4. The minimum atomic E-state index is -0.543. The normalized spacial score (nSPS) is 11.4. The van der Waals surface area contributed by atoms with Crippen LogP contribution in [0.3, 0.4) is 0 Å². The van der Waals surface area contributed by atoms with Crippen LogP contribution in [0, 0.1) is 0 Å². The third kappa shape index (κ3) is 4.01. The van der Waals surface area contributed by atoms with Crippen molar-refractivity contribution in [2.45, 2.75) is 38.9 Å². The quantitative estimate of drug-likeness (QED) is 0.764. The van der Waals surface area contributed by atoms with Crippen molar-refractivity contribution in [2.75, 3.05) is 7.11 Å². The second kappa shape index (κ2) is 7.32. The second-order valence-corrected chi connectivity index (χ2v) is 5.41. The van der Waals surface area contributed by atoms with Gasteiger partial charge in [-0.15, -0.1) is 0 Å². The molecule has 0 saturated heterocycles. The van der Waals surface area contributed by atoms with Crippen LogP contribution >= 0.6 is 0 Å². The molecule has 2 rings (SSSR count). The molecule has 2 aromatic rings. The molecule has 0 fully saturated rings. The van der Waals surface area contributed by atoms with Gasteiger partial charge in [-0.3, -0.25) is 0 Å². The molecular formula is C19H24O3. The van der Waals surface area contributed by atoms with Crippen molar-refractivity contribution in [3.05, 3.63) is 59.7 Å². The first-order valence-corrected chi connectivity index (χ1v) is 7.72. The summed E-state index contributed by atoms with van der Waals surface area (Å²) in [5.74, 6) is 0.570. The maximum atomic E-state index is 9.31. The minimum absolute atomic E-state index is 0.294. The summed E-state index contributed by atoms with van der Waals surface area (Å²) in [5, 5.41) is 9.31. The van der Waals surface area contributed by atoms with E-state index >= 15 is 0 Å². The van der Waals surface area contributed by atoms with Gasteiger partial charge in [0.05, 0.1) is 0 Å². The van der Waals surface area contributed by atoms with Gasteiger partial charge in [0, 0.05) is 20.0 Å². The summed E-state index contributed by atoms with van der Waals surface area (Å²) in [6.45, 7) is 4.12. The molecule has 1 N–H and O–H groups in total. The lowest BCUT2D eigenvalue weighted by atomic mass is 10.0. The van der Waals surface area contributed by atoms with E-state index in [2.05, 4.69) is 26.0 Å². The van der Waals surface area contributed by atoms with E-state index in [1.165, 1.54) is 11.1 Å². The van der Waals surface area contributed by atoms with Crippen molar-refractivity contribution in [2.24, 2.45) is 0 Å². The first-order valence-electron chi connectivity index (χ1n) is 7.72. The third-order valence-corrected chi connectivity index (χ3v) is 4.02. The summed E-state index contributed by atoms with van der Waals surface area (Å²) in [6, 6.07) is 15.4. The number of phenols is 1. The fourth-order valence-electron chi connectivity index (χ4n) is 2.46. The highest BCUT2D eigenvalue weighted by Gasteiger charge is 2.27. The topological polar surface area (TPSA) is 38.7 Å². The third-order valence-electron chi connectivity index (χ3n) is 4.02. The van der Waals surface area contributed by atoms with Crippen LogP contribution in [-0.4, -0.2) is 18.0 Å². The van der Waals surface area contributed by atoms with Gasteiger partial charge < -0.3 is 14.6 Å². The molecule has 0 bridgehead atoms. The van der Waals surface area contributed by atoms with Gasteiger partial charge in [0.1, 0.15) is 11.5 Å². The van der Waals surface area contributed by atoms with E-state index in [-0.39, 0.29) is 0 Å². The van der Waals surface area contributed by atoms with E-state index in [0.29, 0.717) is 5.75 Å². The van der Waals surface area contributed by atoms with Crippen molar-refractivity contribution in [1.29, 1.82) is 0 Å². The van der Waals surface area contributed by atoms with Crippen molar-refractivity contribution < 1.29 is 14.6 Å². The zero-order valence-electron chi connectivity index (χ0n) is 13.5. The van der Waals surface area contributed by atoms with Crippen LogP contribution < -0.4 is 4.74 Å². The van der Waals surface area contributed by atoms with Crippen molar-refractivity contribution in [3.63, 3.8) is 0 Å². The molecule has 0 atom stereocenters. The predicted molar refractivity (Wildman–Crippen MR) is 88.3 cm³/mol. The molecule has 0 unspecified atom stereocenters. The van der Waals surface area contributed by atoms with Crippen molar-refractivity contribution in [3.8, 4) is 11.5 Å². The molecule has 0 radical (unpaired) electrons. The van der Waals surface area contributed by atoms with E-state index in [1.807, 2.05) is 24.3 Å². The lowest BCUT2D eigenvalue weighted by molar-refractivity contribution is -0.167. The molecule has 0 spiro atoms. The smallest absolute Gasteiger partial charge is 0.209 e. The van der Waals surface area contributed by atoms with E-state index < -0.39 is 5.79 Å². The Morgan fingerprint density at radius 1 is 0.864 bits per heavy atom. The molecule has 0 aliphatic rings. The Balaban J connectivity index is 2.05. The van der Waals surface area contributed by atoms with Gasteiger partial charge in [0.2, 0.25) is 5.79 Å². The van der Waals surface area contributed by atoms with Gasteiger partial charge in [-0.05, 0) is 41.8 Å². The molecule has 2 aromatic carbocycles. The fraction of sp³-hybridized carbons (Fsp3) is 0.368.